The van der Waals surface area contributed by atoms with Crippen molar-refractivity contribution in [3.05, 3.63) is 58.5 Å². The number of ether oxygens (including phenoxy) is 1. The normalized spacial score (nSPS) is 14.7. The fourth-order valence-electron chi connectivity index (χ4n) is 4.03. The summed E-state index contributed by atoms with van der Waals surface area (Å²) in [6.45, 7) is 6.22. The van der Waals surface area contributed by atoms with Gasteiger partial charge in [0.15, 0.2) is 5.82 Å². The molecule has 1 aliphatic rings. The number of benzene rings is 1. The first kappa shape index (κ1) is 20.9. The Morgan fingerprint density at radius 2 is 1.88 bits per heavy atom. The summed E-state index contributed by atoms with van der Waals surface area (Å²) in [7, 11) is 0. The van der Waals surface area contributed by atoms with Crippen LogP contribution in [0.5, 0.6) is 0 Å². The average molecular weight is 447 g/mol. The van der Waals surface area contributed by atoms with Gasteiger partial charge in [0, 0.05) is 40.6 Å². The molecule has 7 nitrogen and oxygen atoms in total. The Labute approximate surface area is 191 Å². The number of rotatable bonds is 6. The van der Waals surface area contributed by atoms with Crippen molar-refractivity contribution in [2.45, 2.75) is 39.7 Å². The molecule has 0 bridgehead atoms. The van der Waals surface area contributed by atoms with Crippen molar-refractivity contribution in [1.82, 2.24) is 25.4 Å². The second-order valence-electron chi connectivity index (χ2n) is 8.31. The van der Waals surface area contributed by atoms with Crippen molar-refractivity contribution >= 4 is 27.9 Å². The molecule has 0 radical (unpaired) electrons. The maximum absolute atomic E-state index is 5.53. The first-order valence-corrected chi connectivity index (χ1v) is 11.8. The smallest absolute Gasteiger partial charge is 0.156 e. The molecule has 1 N–H and O–H groups in total. The first-order valence-electron chi connectivity index (χ1n) is 11.0. The molecule has 32 heavy (non-hydrogen) atoms. The summed E-state index contributed by atoms with van der Waals surface area (Å²) in [5.74, 6) is 1.34. The number of hydrogen-bond donors (Lipinski definition) is 1. The second kappa shape index (κ2) is 9.26. The Bertz CT molecular complexity index is 1220. The van der Waals surface area contributed by atoms with Crippen molar-refractivity contribution < 1.29 is 4.74 Å². The standard InChI is InChI=1S/C24H26N6OS/c1-15-3-5-19(28-27-15)14-25-23-21-12-18(24-26-13-16(2)32-24)4-6-20(21)22(29-30-23)11-17-7-9-31-10-8-17/h3-6,12-13,17H,7-11,14H2,1-2H3,(H,25,30). The number of hydrogen-bond acceptors (Lipinski definition) is 8. The zero-order valence-corrected chi connectivity index (χ0v) is 19.2. The zero-order chi connectivity index (χ0) is 21.9. The maximum Gasteiger partial charge on any atom is 0.156 e. The van der Waals surface area contributed by atoms with E-state index in [1.54, 1.807) is 11.3 Å². The minimum Gasteiger partial charge on any atom is -0.381 e. The zero-order valence-electron chi connectivity index (χ0n) is 18.3. The molecule has 164 valence electrons. The largest absolute Gasteiger partial charge is 0.381 e. The molecule has 5 rings (SSSR count). The highest BCUT2D eigenvalue weighted by molar-refractivity contribution is 7.14. The minimum atomic E-state index is 0.539. The lowest BCUT2D eigenvalue weighted by Crippen LogP contribution is -2.18. The summed E-state index contributed by atoms with van der Waals surface area (Å²) >= 11 is 1.70. The summed E-state index contributed by atoms with van der Waals surface area (Å²) in [5, 5.41) is 24.3. The third-order valence-electron chi connectivity index (χ3n) is 5.84. The quantitative estimate of drug-likeness (QED) is 0.458. The summed E-state index contributed by atoms with van der Waals surface area (Å²) in [6.07, 6.45) is 4.99. The topological polar surface area (TPSA) is 85.7 Å². The molecule has 3 aromatic heterocycles. The van der Waals surface area contributed by atoms with Crippen LogP contribution in [0.1, 0.15) is 34.8 Å². The lowest BCUT2D eigenvalue weighted by atomic mass is 9.93. The number of nitrogens with one attached hydrogen (secondary N) is 1. The Balaban J connectivity index is 1.50. The number of aryl methyl sites for hydroxylation is 2. The van der Waals surface area contributed by atoms with E-state index in [2.05, 4.69) is 55.8 Å². The van der Waals surface area contributed by atoms with Crippen LogP contribution in [-0.2, 0) is 17.7 Å². The van der Waals surface area contributed by atoms with Gasteiger partial charge in [-0.2, -0.15) is 15.3 Å². The third-order valence-corrected chi connectivity index (χ3v) is 6.80. The summed E-state index contributed by atoms with van der Waals surface area (Å²) in [5.41, 5.74) is 3.91. The average Bonchev–Trinajstić information content (AvgIpc) is 3.26. The number of anilines is 1. The highest BCUT2D eigenvalue weighted by atomic mass is 32.1. The molecule has 8 heteroatoms. The van der Waals surface area contributed by atoms with Gasteiger partial charge >= 0.3 is 0 Å². The molecule has 0 spiro atoms. The van der Waals surface area contributed by atoms with E-state index in [-0.39, 0.29) is 0 Å². The number of thiazole rings is 1. The number of aromatic nitrogens is 5. The van der Waals surface area contributed by atoms with Gasteiger partial charge in [-0.15, -0.1) is 16.4 Å². The van der Waals surface area contributed by atoms with Crippen molar-refractivity contribution in [1.29, 1.82) is 0 Å². The fraction of sp³-hybridized carbons (Fsp3) is 0.375. The van der Waals surface area contributed by atoms with Gasteiger partial charge in [-0.05, 0) is 57.2 Å². The lowest BCUT2D eigenvalue weighted by molar-refractivity contribution is 0.0663. The molecule has 0 atom stereocenters. The third kappa shape index (κ3) is 4.61. The van der Waals surface area contributed by atoms with Gasteiger partial charge in [-0.25, -0.2) is 4.98 Å². The Morgan fingerprint density at radius 1 is 1.00 bits per heavy atom. The lowest BCUT2D eigenvalue weighted by Gasteiger charge is -2.22. The van der Waals surface area contributed by atoms with Gasteiger partial charge in [0.1, 0.15) is 5.01 Å². The molecule has 4 aromatic rings. The van der Waals surface area contributed by atoms with Crippen LogP contribution in [-0.4, -0.2) is 38.6 Å². The first-order chi connectivity index (χ1) is 15.7. The van der Waals surface area contributed by atoms with Crippen molar-refractivity contribution in [3.63, 3.8) is 0 Å². The highest BCUT2D eigenvalue weighted by Crippen LogP contribution is 2.33. The van der Waals surface area contributed by atoms with Crippen LogP contribution in [0.15, 0.2) is 36.5 Å². The van der Waals surface area contributed by atoms with E-state index in [0.717, 1.165) is 76.7 Å². The monoisotopic (exact) mass is 446 g/mol. The minimum absolute atomic E-state index is 0.539. The molecule has 0 unspecified atom stereocenters. The molecular weight excluding hydrogens is 420 g/mol. The predicted octanol–water partition coefficient (Wildman–Crippen LogP) is 4.74. The van der Waals surface area contributed by atoms with Gasteiger partial charge in [0.25, 0.3) is 0 Å². The molecular formula is C24H26N6OS. The van der Waals surface area contributed by atoms with Gasteiger partial charge < -0.3 is 10.1 Å². The molecule has 1 fully saturated rings. The van der Waals surface area contributed by atoms with Crippen LogP contribution in [0.25, 0.3) is 21.3 Å². The van der Waals surface area contributed by atoms with E-state index >= 15 is 0 Å². The Hall–Kier alpha value is -2.97. The maximum atomic E-state index is 5.53. The fourth-order valence-corrected chi connectivity index (χ4v) is 4.79. The van der Waals surface area contributed by atoms with Gasteiger partial charge in [-0.3, -0.25) is 0 Å². The highest BCUT2D eigenvalue weighted by Gasteiger charge is 2.19. The Morgan fingerprint density at radius 3 is 2.62 bits per heavy atom. The molecule has 0 saturated carbocycles. The predicted molar refractivity (Wildman–Crippen MR) is 127 cm³/mol. The summed E-state index contributed by atoms with van der Waals surface area (Å²) < 4.78 is 5.53. The van der Waals surface area contributed by atoms with Crippen molar-refractivity contribution in [2.24, 2.45) is 5.92 Å². The SMILES string of the molecule is Cc1ccc(CNc2nnc(CC3CCOCC3)c3ccc(-c4ncc(C)s4)cc23)nn1. The van der Waals surface area contributed by atoms with Crippen molar-refractivity contribution in [2.75, 3.05) is 18.5 Å². The molecule has 1 aromatic carbocycles. The molecule has 1 saturated heterocycles. The van der Waals surface area contributed by atoms with E-state index in [1.807, 2.05) is 25.3 Å². The molecule has 0 amide bonds. The van der Waals surface area contributed by atoms with E-state index < -0.39 is 0 Å². The van der Waals surface area contributed by atoms with E-state index in [1.165, 1.54) is 4.88 Å². The van der Waals surface area contributed by atoms with Crippen LogP contribution >= 0.6 is 11.3 Å². The Kier molecular flexibility index (Phi) is 6.05. The summed E-state index contributed by atoms with van der Waals surface area (Å²) in [4.78, 5) is 5.77. The van der Waals surface area contributed by atoms with E-state index in [9.17, 15) is 0 Å². The summed E-state index contributed by atoms with van der Waals surface area (Å²) in [6, 6.07) is 10.4. The second-order valence-corrected chi connectivity index (χ2v) is 9.55. The van der Waals surface area contributed by atoms with E-state index in [0.29, 0.717) is 12.5 Å². The van der Waals surface area contributed by atoms with Gasteiger partial charge in [0.05, 0.1) is 23.6 Å². The molecule has 1 aliphatic heterocycles. The molecule has 0 aliphatic carbocycles. The van der Waals surface area contributed by atoms with Gasteiger partial charge in [0.2, 0.25) is 0 Å². The van der Waals surface area contributed by atoms with Gasteiger partial charge in [-0.1, -0.05) is 12.1 Å². The van der Waals surface area contributed by atoms with Crippen LogP contribution < -0.4 is 5.32 Å². The molecule has 4 heterocycles. The van der Waals surface area contributed by atoms with Crippen molar-refractivity contribution in [3.8, 4) is 10.6 Å². The number of fused-ring (bicyclic) bond motifs is 1. The van der Waals surface area contributed by atoms with E-state index in [4.69, 9.17) is 4.74 Å². The van der Waals surface area contributed by atoms with Crippen LogP contribution in [0, 0.1) is 19.8 Å². The van der Waals surface area contributed by atoms with Crippen LogP contribution in [0.3, 0.4) is 0 Å². The number of nitrogens with zero attached hydrogens (tertiary/aromatic N) is 5. The van der Waals surface area contributed by atoms with Crippen LogP contribution in [0.4, 0.5) is 5.82 Å². The van der Waals surface area contributed by atoms with Crippen LogP contribution in [0.2, 0.25) is 0 Å².